The van der Waals surface area contributed by atoms with Crippen LogP contribution in [0.3, 0.4) is 0 Å². The molecule has 0 saturated heterocycles. The van der Waals surface area contributed by atoms with E-state index in [0.717, 1.165) is 6.42 Å². The minimum absolute atomic E-state index is 0.0460. The first-order valence-corrected chi connectivity index (χ1v) is 5.28. The normalized spacial score (nSPS) is 11.1. The van der Waals surface area contributed by atoms with E-state index >= 15 is 0 Å². The maximum Gasteiger partial charge on any atom is 0.188 e. The van der Waals surface area contributed by atoms with Crippen LogP contribution in [0.15, 0.2) is 35.3 Å². The zero-order valence-electron chi connectivity index (χ0n) is 9.81. The third-order valence-electron chi connectivity index (χ3n) is 2.09. The van der Waals surface area contributed by atoms with Crippen molar-refractivity contribution in [2.24, 2.45) is 16.5 Å². The third kappa shape index (κ3) is 4.79. The molecule has 0 amide bonds. The molecule has 0 radical (unpaired) electrons. The molecule has 0 spiro atoms. The summed E-state index contributed by atoms with van der Waals surface area (Å²) >= 11 is 0. The molecule has 0 aliphatic carbocycles. The van der Waals surface area contributed by atoms with Gasteiger partial charge in [-0.3, -0.25) is 0 Å². The van der Waals surface area contributed by atoms with Crippen LogP contribution in [0.25, 0.3) is 0 Å². The lowest BCUT2D eigenvalue weighted by atomic mass is 10.2. The van der Waals surface area contributed by atoms with Gasteiger partial charge in [-0.15, -0.1) is 0 Å². The summed E-state index contributed by atoms with van der Waals surface area (Å²) in [6.45, 7) is 4.25. The first kappa shape index (κ1) is 12.5. The summed E-state index contributed by atoms with van der Waals surface area (Å²) < 4.78 is 5.60. The number of ether oxygens (including phenoxy) is 1. The smallest absolute Gasteiger partial charge is 0.188 e. The maximum atomic E-state index is 5.60. The van der Waals surface area contributed by atoms with Crippen LogP contribution >= 0.6 is 0 Å². The Balaban J connectivity index is 2.39. The first-order chi connectivity index (χ1) is 7.49. The summed E-state index contributed by atoms with van der Waals surface area (Å²) in [5.41, 5.74) is 11.2. The predicted molar refractivity (Wildman–Crippen MR) is 66.0 cm³/mol. The van der Waals surface area contributed by atoms with E-state index in [9.17, 15) is 0 Å². The van der Waals surface area contributed by atoms with Crippen molar-refractivity contribution in [3.8, 4) is 0 Å². The van der Waals surface area contributed by atoms with Gasteiger partial charge in [0.1, 0.15) is 0 Å². The summed E-state index contributed by atoms with van der Waals surface area (Å²) in [5.74, 6) is 0.0460. The van der Waals surface area contributed by atoms with Gasteiger partial charge in [0, 0.05) is 0 Å². The molecule has 1 aromatic rings. The van der Waals surface area contributed by atoms with Crippen LogP contribution < -0.4 is 11.5 Å². The second kappa shape index (κ2) is 5.51. The fraction of sp³-hybridized carbons (Fsp3) is 0.417. The summed E-state index contributed by atoms with van der Waals surface area (Å²) in [6, 6.07) is 10.1. The van der Waals surface area contributed by atoms with Gasteiger partial charge in [-0.25, -0.2) is 4.99 Å². The molecule has 0 fully saturated rings. The molecule has 4 nitrogen and oxygen atoms in total. The number of hydrogen-bond donors (Lipinski definition) is 2. The third-order valence-corrected chi connectivity index (χ3v) is 2.09. The molecule has 0 saturated carbocycles. The van der Waals surface area contributed by atoms with Crippen LogP contribution in [0.5, 0.6) is 0 Å². The summed E-state index contributed by atoms with van der Waals surface area (Å²) in [6.07, 6.45) is 0.851. The lowest BCUT2D eigenvalue weighted by Gasteiger charge is -2.20. The highest BCUT2D eigenvalue weighted by atomic mass is 16.5. The molecule has 0 bridgehead atoms. The second-order valence-corrected chi connectivity index (χ2v) is 4.07. The molecule has 0 aliphatic rings. The van der Waals surface area contributed by atoms with Crippen LogP contribution in [-0.2, 0) is 11.2 Å². The Bertz CT molecular complexity index is 343. The van der Waals surface area contributed by atoms with Gasteiger partial charge >= 0.3 is 0 Å². The van der Waals surface area contributed by atoms with Crippen molar-refractivity contribution in [2.75, 3.05) is 6.61 Å². The molecule has 0 aromatic heterocycles. The molecule has 0 unspecified atom stereocenters. The number of nitrogens with zero attached hydrogens (tertiary/aromatic N) is 1. The number of nitrogens with two attached hydrogens (primary N) is 2. The van der Waals surface area contributed by atoms with Crippen molar-refractivity contribution in [2.45, 2.75) is 26.0 Å². The zero-order chi connectivity index (χ0) is 12.0. The lowest BCUT2D eigenvalue weighted by molar-refractivity contribution is -0.00868. The first-order valence-electron chi connectivity index (χ1n) is 5.28. The SMILES string of the molecule is CC(C)(N=C(N)N)OCCc1ccccc1. The van der Waals surface area contributed by atoms with Crippen LogP contribution in [0, 0.1) is 0 Å². The Morgan fingerprint density at radius 2 is 1.88 bits per heavy atom. The summed E-state index contributed by atoms with van der Waals surface area (Å²) in [4.78, 5) is 3.99. The molecule has 1 aromatic carbocycles. The molecular weight excluding hydrogens is 202 g/mol. The van der Waals surface area contributed by atoms with Gasteiger partial charge in [0.25, 0.3) is 0 Å². The van der Waals surface area contributed by atoms with E-state index in [1.54, 1.807) is 0 Å². The van der Waals surface area contributed by atoms with E-state index in [4.69, 9.17) is 16.2 Å². The number of rotatable bonds is 5. The number of guanidine groups is 1. The second-order valence-electron chi connectivity index (χ2n) is 4.07. The van der Waals surface area contributed by atoms with Crippen LogP contribution in [0.2, 0.25) is 0 Å². The fourth-order valence-corrected chi connectivity index (χ4v) is 1.41. The van der Waals surface area contributed by atoms with E-state index < -0.39 is 5.72 Å². The molecule has 16 heavy (non-hydrogen) atoms. The molecule has 0 aliphatic heterocycles. The van der Waals surface area contributed by atoms with Gasteiger partial charge in [-0.05, 0) is 25.8 Å². The molecular formula is C12H19N3O. The molecule has 1 rings (SSSR count). The van der Waals surface area contributed by atoms with Crippen molar-refractivity contribution in [3.63, 3.8) is 0 Å². The summed E-state index contributed by atoms with van der Waals surface area (Å²) in [5, 5.41) is 0. The Kier molecular flexibility index (Phi) is 4.31. The number of benzene rings is 1. The average molecular weight is 221 g/mol. The molecule has 4 heteroatoms. The standard InChI is InChI=1S/C12H19N3O/c1-12(2,15-11(13)14)16-9-8-10-6-4-3-5-7-10/h3-7H,8-9H2,1-2H3,(H4,13,14,15). The van der Waals surface area contributed by atoms with Crippen molar-refractivity contribution in [3.05, 3.63) is 35.9 Å². The van der Waals surface area contributed by atoms with Gasteiger partial charge in [-0.2, -0.15) is 0 Å². The van der Waals surface area contributed by atoms with Gasteiger partial charge in [0.15, 0.2) is 11.7 Å². The largest absolute Gasteiger partial charge is 0.370 e. The minimum atomic E-state index is -0.659. The molecule has 4 N–H and O–H groups in total. The molecule has 88 valence electrons. The fourth-order valence-electron chi connectivity index (χ4n) is 1.41. The van der Waals surface area contributed by atoms with Crippen LogP contribution in [-0.4, -0.2) is 18.3 Å². The monoisotopic (exact) mass is 221 g/mol. The van der Waals surface area contributed by atoms with Crippen molar-refractivity contribution >= 4 is 5.96 Å². The average Bonchev–Trinajstić information content (AvgIpc) is 2.16. The quantitative estimate of drug-likeness (QED) is 0.580. The van der Waals surface area contributed by atoms with Gasteiger partial charge < -0.3 is 16.2 Å². The highest BCUT2D eigenvalue weighted by molar-refractivity contribution is 5.76. The topological polar surface area (TPSA) is 73.6 Å². The Labute approximate surface area is 96.3 Å². The Morgan fingerprint density at radius 1 is 1.25 bits per heavy atom. The van der Waals surface area contributed by atoms with Gasteiger partial charge in [0.2, 0.25) is 0 Å². The maximum absolute atomic E-state index is 5.60. The van der Waals surface area contributed by atoms with E-state index in [1.807, 2.05) is 32.0 Å². The minimum Gasteiger partial charge on any atom is -0.370 e. The van der Waals surface area contributed by atoms with E-state index in [1.165, 1.54) is 5.56 Å². The van der Waals surface area contributed by atoms with Gasteiger partial charge in [-0.1, -0.05) is 30.3 Å². The van der Waals surface area contributed by atoms with Crippen molar-refractivity contribution in [1.82, 2.24) is 0 Å². The zero-order valence-corrected chi connectivity index (χ0v) is 9.81. The van der Waals surface area contributed by atoms with Crippen LogP contribution in [0.4, 0.5) is 0 Å². The van der Waals surface area contributed by atoms with E-state index in [-0.39, 0.29) is 5.96 Å². The molecule has 0 heterocycles. The van der Waals surface area contributed by atoms with E-state index in [2.05, 4.69) is 17.1 Å². The Hall–Kier alpha value is -1.55. The highest BCUT2D eigenvalue weighted by Gasteiger charge is 2.16. The highest BCUT2D eigenvalue weighted by Crippen LogP contribution is 2.11. The summed E-state index contributed by atoms with van der Waals surface area (Å²) in [7, 11) is 0. The predicted octanol–water partition coefficient (Wildman–Crippen LogP) is 1.26. The molecule has 0 atom stereocenters. The number of aliphatic imine (C=N–C) groups is 1. The lowest BCUT2D eigenvalue weighted by Crippen LogP contribution is -2.31. The number of hydrogen-bond acceptors (Lipinski definition) is 2. The van der Waals surface area contributed by atoms with E-state index in [0.29, 0.717) is 6.61 Å². The van der Waals surface area contributed by atoms with Crippen molar-refractivity contribution < 1.29 is 4.74 Å². The van der Waals surface area contributed by atoms with Crippen LogP contribution in [0.1, 0.15) is 19.4 Å². The van der Waals surface area contributed by atoms with Crippen molar-refractivity contribution in [1.29, 1.82) is 0 Å². The van der Waals surface area contributed by atoms with Gasteiger partial charge in [0.05, 0.1) is 6.61 Å². The Morgan fingerprint density at radius 3 is 2.44 bits per heavy atom.